The van der Waals surface area contributed by atoms with Crippen molar-refractivity contribution in [3.63, 3.8) is 0 Å². The van der Waals surface area contributed by atoms with Crippen LogP contribution >= 0.6 is 0 Å². The Morgan fingerprint density at radius 3 is 2.43 bits per heavy atom. The van der Waals surface area contributed by atoms with E-state index >= 15 is 0 Å². The predicted octanol–water partition coefficient (Wildman–Crippen LogP) is 4.04. The average Bonchev–Trinajstić information content (AvgIpc) is 2.85. The Morgan fingerprint density at radius 1 is 1.10 bits per heavy atom. The van der Waals surface area contributed by atoms with E-state index in [0.29, 0.717) is 5.69 Å². The Morgan fingerprint density at radius 2 is 1.81 bits per heavy atom. The number of rotatable bonds is 3. The highest BCUT2D eigenvalue weighted by atomic mass is 16.5. The molecule has 0 spiro atoms. The summed E-state index contributed by atoms with van der Waals surface area (Å²) in [5.41, 5.74) is 5.82. The van der Waals surface area contributed by atoms with Crippen LogP contribution in [0.3, 0.4) is 0 Å². The number of aromatic nitrogens is 1. The minimum atomic E-state index is 0.676. The summed E-state index contributed by atoms with van der Waals surface area (Å²) in [7, 11) is 1.68. The maximum Gasteiger partial charge on any atom is 0.167 e. The predicted molar refractivity (Wildman–Crippen MR) is 84.2 cm³/mol. The zero-order valence-electron chi connectivity index (χ0n) is 12.4. The van der Waals surface area contributed by atoms with Gasteiger partial charge in [0.2, 0.25) is 0 Å². The fraction of sp³-hybridized carbons (Fsp3) is 0.167. The van der Waals surface area contributed by atoms with Gasteiger partial charge in [0.05, 0.1) is 12.8 Å². The minimum absolute atomic E-state index is 0.676. The molecule has 0 bridgehead atoms. The zero-order chi connectivity index (χ0) is 15.0. The summed E-state index contributed by atoms with van der Waals surface area (Å²) in [6.07, 6.45) is 2.82. The van der Waals surface area contributed by atoms with Crippen LogP contribution in [0.1, 0.15) is 21.6 Å². The lowest BCUT2D eigenvalue weighted by Gasteiger charge is -2.11. The standard InChI is InChI=1S/C18H17NO2/c1-12-8-14(9-13(2)18(12)21-3)16-10-15-6-4-5-7-19(15)17(16)11-20/h4-11H,1-3H3. The van der Waals surface area contributed by atoms with E-state index < -0.39 is 0 Å². The van der Waals surface area contributed by atoms with E-state index in [1.165, 1.54) is 0 Å². The van der Waals surface area contributed by atoms with Gasteiger partial charge in [0.25, 0.3) is 0 Å². The van der Waals surface area contributed by atoms with Crippen molar-refractivity contribution in [1.82, 2.24) is 4.40 Å². The van der Waals surface area contributed by atoms with Gasteiger partial charge in [0.1, 0.15) is 5.75 Å². The molecule has 0 amide bonds. The Bertz CT molecular complexity index is 807. The van der Waals surface area contributed by atoms with Gasteiger partial charge in [0, 0.05) is 17.3 Å². The van der Waals surface area contributed by atoms with E-state index in [2.05, 4.69) is 12.1 Å². The molecule has 0 saturated heterocycles. The fourth-order valence-corrected chi connectivity index (χ4v) is 2.92. The van der Waals surface area contributed by atoms with Crippen molar-refractivity contribution in [1.29, 1.82) is 0 Å². The van der Waals surface area contributed by atoms with Crippen LogP contribution in [-0.4, -0.2) is 17.8 Å². The lowest BCUT2D eigenvalue weighted by Crippen LogP contribution is -1.94. The van der Waals surface area contributed by atoms with E-state index in [-0.39, 0.29) is 0 Å². The highest BCUT2D eigenvalue weighted by Gasteiger charge is 2.13. The molecule has 1 aromatic carbocycles. The summed E-state index contributed by atoms with van der Waals surface area (Å²) < 4.78 is 7.32. The lowest BCUT2D eigenvalue weighted by atomic mass is 10.00. The largest absolute Gasteiger partial charge is 0.496 e. The van der Waals surface area contributed by atoms with Crippen LogP contribution in [0.4, 0.5) is 0 Å². The number of hydrogen-bond acceptors (Lipinski definition) is 2. The first-order valence-corrected chi connectivity index (χ1v) is 6.86. The van der Waals surface area contributed by atoms with Crippen molar-refractivity contribution in [3.8, 4) is 16.9 Å². The van der Waals surface area contributed by atoms with Crippen LogP contribution in [-0.2, 0) is 0 Å². The second-order valence-corrected chi connectivity index (χ2v) is 5.20. The second-order valence-electron chi connectivity index (χ2n) is 5.20. The van der Waals surface area contributed by atoms with E-state index in [1.54, 1.807) is 7.11 Å². The number of aryl methyl sites for hydroxylation is 2. The van der Waals surface area contributed by atoms with Gasteiger partial charge in [-0.15, -0.1) is 0 Å². The first-order valence-electron chi connectivity index (χ1n) is 6.86. The van der Waals surface area contributed by atoms with Crippen LogP contribution < -0.4 is 4.74 Å². The van der Waals surface area contributed by atoms with Gasteiger partial charge in [-0.05, 0) is 60.9 Å². The third-order valence-electron chi connectivity index (χ3n) is 3.81. The van der Waals surface area contributed by atoms with Crippen molar-refractivity contribution < 1.29 is 9.53 Å². The van der Waals surface area contributed by atoms with E-state index in [9.17, 15) is 4.79 Å². The van der Waals surface area contributed by atoms with Crippen molar-refractivity contribution >= 4 is 11.8 Å². The van der Waals surface area contributed by atoms with E-state index in [1.807, 2.05) is 48.7 Å². The molecule has 0 N–H and O–H groups in total. The molecule has 3 nitrogen and oxygen atoms in total. The Labute approximate surface area is 123 Å². The summed E-state index contributed by atoms with van der Waals surface area (Å²) in [6.45, 7) is 4.04. The number of carbonyl (C=O) groups excluding carboxylic acids is 1. The monoisotopic (exact) mass is 279 g/mol. The van der Waals surface area contributed by atoms with Crippen LogP contribution in [0.15, 0.2) is 42.6 Å². The Hall–Kier alpha value is -2.55. The molecule has 3 aromatic rings. The summed E-state index contributed by atoms with van der Waals surface area (Å²) in [6, 6.07) is 12.1. The van der Waals surface area contributed by atoms with E-state index in [0.717, 1.165) is 39.8 Å². The van der Waals surface area contributed by atoms with Crippen LogP contribution in [0.2, 0.25) is 0 Å². The molecule has 2 heterocycles. The van der Waals surface area contributed by atoms with Crippen molar-refractivity contribution in [2.24, 2.45) is 0 Å². The van der Waals surface area contributed by atoms with Gasteiger partial charge in [-0.25, -0.2) is 0 Å². The van der Waals surface area contributed by atoms with Crippen molar-refractivity contribution in [2.75, 3.05) is 7.11 Å². The summed E-state index contributed by atoms with van der Waals surface area (Å²) in [5, 5.41) is 0. The highest BCUT2D eigenvalue weighted by molar-refractivity contribution is 5.90. The SMILES string of the molecule is COc1c(C)cc(-c2cc3ccccn3c2C=O)cc1C. The summed E-state index contributed by atoms with van der Waals surface area (Å²) in [5.74, 6) is 0.898. The molecule has 0 atom stereocenters. The molecule has 3 rings (SSSR count). The lowest BCUT2D eigenvalue weighted by molar-refractivity contribution is 0.111. The molecule has 0 saturated carbocycles. The number of benzene rings is 1. The average molecular weight is 279 g/mol. The number of ether oxygens (including phenoxy) is 1. The maximum atomic E-state index is 11.5. The summed E-state index contributed by atoms with van der Waals surface area (Å²) in [4.78, 5) is 11.5. The van der Waals surface area contributed by atoms with Crippen molar-refractivity contribution in [2.45, 2.75) is 13.8 Å². The molecule has 0 aliphatic heterocycles. The first kappa shape index (κ1) is 13.4. The number of nitrogens with zero attached hydrogens (tertiary/aromatic N) is 1. The number of aldehydes is 1. The van der Waals surface area contributed by atoms with Crippen molar-refractivity contribution in [3.05, 3.63) is 59.4 Å². The van der Waals surface area contributed by atoms with Crippen LogP contribution in [0.25, 0.3) is 16.6 Å². The Kier molecular flexibility index (Phi) is 3.26. The first-order chi connectivity index (χ1) is 10.2. The molecule has 3 heteroatoms. The van der Waals surface area contributed by atoms with Gasteiger partial charge < -0.3 is 9.14 Å². The van der Waals surface area contributed by atoms with Gasteiger partial charge in [-0.1, -0.05) is 6.07 Å². The molecular weight excluding hydrogens is 262 g/mol. The third-order valence-corrected chi connectivity index (χ3v) is 3.81. The number of hydrogen-bond donors (Lipinski definition) is 0. The van der Waals surface area contributed by atoms with E-state index in [4.69, 9.17) is 4.74 Å². The number of pyridine rings is 1. The molecule has 106 valence electrons. The fourth-order valence-electron chi connectivity index (χ4n) is 2.92. The summed E-state index contributed by atoms with van der Waals surface area (Å²) >= 11 is 0. The highest BCUT2D eigenvalue weighted by Crippen LogP contribution is 2.32. The zero-order valence-corrected chi connectivity index (χ0v) is 12.4. The topological polar surface area (TPSA) is 30.7 Å². The maximum absolute atomic E-state index is 11.5. The number of fused-ring (bicyclic) bond motifs is 1. The van der Waals surface area contributed by atoms with Crippen LogP contribution in [0, 0.1) is 13.8 Å². The van der Waals surface area contributed by atoms with Gasteiger partial charge in [-0.3, -0.25) is 4.79 Å². The molecule has 0 aliphatic carbocycles. The molecule has 0 unspecified atom stereocenters. The second kappa shape index (κ2) is 5.09. The quantitative estimate of drug-likeness (QED) is 0.677. The molecule has 21 heavy (non-hydrogen) atoms. The van der Waals surface area contributed by atoms with Crippen LogP contribution in [0.5, 0.6) is 5.75 Å². The Balaban J connectivity index is 2.28. The molecule has 0 aliphatic rings. The number of carbonyl (C=O) groups is 1. The molecule has 0 fully saturated rings. The third kappa shape index (κ3) is 2.11. The number of methoxy groups -OCH3 is 1. The van der Waals surface area contributed by atoms with Gasteiger partial charge in [-0.2, -0.15) is 0 Å². The molecule has 2 aromatic heterocycles. The smallest absolute Gasteiger partial charge is 0.167 e. The normalized spacial score (nSPS) is 10.8. The minimum Gasteiger partial charge on any atom is -0.496 e. The molecular formula is C18H17NO2. The van der Waals surface area contributed by atoms with Gasteiger partial charge in [0.15, 0.2) is 6.29 Å². The van der Waals surface area contributed by atoms with Gasteiger partial charge >= 0.3 is 0 Å². The molecule has 0 radical (unpaired) electrons.